The minimum atomic E-state index is -0.915. The van der Waals surface area contributed by atoms with Crippen molar-refractivity contribution in [2.24, 2.45) is 5.92 Å². The molecule has 0 spiro atoms. The summed E-state index contributed by atoms with van der Waals surface area (Å²) in [4.78, 5) is 48.0. The molecule has 0 radical (unpaired) electrons. The van der Waals surface area contributed by atoms with Gasteiger partial charge in [0.15, 0.2) is 23.5 Å². The molecule has 1 aliphatic rings. The molecule has 12 heteroatoms. The monoisotopic (exact) mass is 547 g/mol. The Balaban J connectivity index is 1.40. The van der Waals surface area contributed by atoms with Gasteiger partial charge >= 0.3 is 11.9 Å². The summed E-state index contributed by atoms with van der Waals surface area (Å²) in [6, 6.07) is 18.3. The number of esters is 2. The van der Waals surface area contributed by atoms with Crippen LogP contribution in [0.3, 0.4) is 0 Å². The predicted molar refractivity (Wildman–Crippen MR) is 143 cm³/mol. The fourth-order valence-electron chi connectivity index (χ4n) is 4.78. The van der Waals surface area contributed by atoms with Crippen molar-refractivity contribution in [2.45, 2.75) is 38.4 Å². The number of carbonyl (C=O) groups is 2. The molecule has 2 unspecified atom stereocenters. The summed E-state index contributed by atoms with van der Waals surface area (Å²) in [5.74, 6) is -1.55. The first-order chi connectivity index (χ1) is 19.4. The van der Waals surface area contributed by atoms with Gasteiger partial charge in [0.25, 0.3) is 5.56 Å². The van der Waals surface area contributed by atoms with Crippen LogP contribution in [0.2, 0.25) is 0 Å². The zero-order valence-electron chi connectivity index (χ0n) is 21.8. The number of aromatic amines is 1. The second-order valence-electron chi connectivity index (χ2n) is 9.37. The van der Waals surface area contributed by atoms with Crippen LogP contribution in [-0.4, -0.2) is 56.9 Å². The average Bonchev–Trinajstić information content (AvgIpc) is 3.51. The van der Waals surface area contributed by atoms with E-state index in [0.29, 0.717) is 25.2 Å². The van der Waals surface area contributed by atoms with Crippen molar-refractivity contribution < 1.29 is 28.5 Å². The van der Waals surface area contributed by atoms with Gasteiger partial charge in [0, 0.05) is 19.4 Å². The van der Waals surface area contributed by atoms with Crippen molar-refractivity contribution in [3.8, 4) is 0 Å². The van der Waals surface area contributed by atoms with Crippen molar-refractivity contribution in [3.63, 3.8) is 0 Å². The van der Waals surface area contributed by atoms with Crippen LogP contribution in [0.5, 0.6) is 0 Å². The number of aromatic nitrogens is 4. The minimum absolute atomic E-state index is 0.0566. The maximum atomic E-state index is 12.7. The lowest BCUT2D eigenvalue weighted by Crippen LogP contribution is -2.33. The van der Waals surface area contributed by atoms with Crippen molar-refractivity contribution in [3.05, 3.63) is 88.5 Å². The van der Waals surface area contributed by atoms with E-state index in [2.05, 4.69) is 15.0 Å². The number of nitrogens with one attached hydrogen (secondary N) is 1. The van der Waals surface area contributed by atoms with Crippen LogP contribution in [0.15, 0.2) is 71.8 Å². The summed E-state index contributed by atoms with van der Waals surface area (Å²) in [5, 5.41) is 0. The standard InChI is InChI=1S/C28H29N5O7/c1-17(34)39-23-20(12-13-37-14-18-8-4-2-5-9-18)21(15-38-27(36)19-10-6-3-7-11-19)40-26(23)33-16-30-22-24(33)31-28(29)32-25(22)35/h2-11,16,20-21,23,26H,12-15H2,1H3,(H3,29,31,32,35)/t20?,21-,23?,26-/m1/s1. The number of H-pyrrole nitrogens is 1. The van der Waals surface area contributed by atoms with Crippen molar-refractivity contribution in [1.82, 2.24) is 19.5 Å². The van der Waals surface area contributed by atoms with E-state index in [1.807, 2.05) is 30.3 Å². The molecule has 0 bridgehead atoms. The SMILES string of the molecule is CC(=O)OC1C(CCOCc2ccccc2)[C@@H](COC(=O)c2ccccc2)O[C@H]1n1cnc2c(=O)[nH]c(N)nc21. The van der Waals surface area contributed by atoms with Crippen molar-refractivity contribution >= 4 is 29.1 Å². The quantitative estimate of drug-likeness (QED) is 0.223. The van der Waals surface area contributed by atoms with Gasteiger partial charge < -0.3 is 24.7 Å². The summed E-state index contributed by atoms with van der Waals surface area (Å²) in [6.45, 7) is 1.93. The van der Waals surface area contributed by atoms with E-state index >= 15 is 0 Å². The van der Waals surface area contributed by atoms with Gasteiger partial charge in [-0.15, -0.1) is 0 Å². The molecule has 2 aromatic carbocycles. The molecule has 1 aliphatic heterocycles. The van der Waals surface area contributed by atoms with Crippen molar-refractivity contribution in [2.75, 3.05) is 18.9 Å². The number of rotatable bonds is 10. The van der Waals surface area contributed by atoms with Gasteiger partial charge in [-0.3, -0.25) is 19.1 Å². The zero-order chi connectivity index (χ0) is 28.1. The van der Waals surface area contributed by atoms with Gasteiger partial charge in [-0.2, -0.15) is 4.98 Å². The summed E-state index contributed by atoms with van der Waals surface area (Å²) in [7, 11) is 0. The molecule has 4 atom stereocenters. The van der Waals surface area contributed by atoms with E-state index in [1.165, 1.54) is 17.8 Å². The molecule has 3 N–H and O–H groups in total. The van der Waals surface area contributed by atoms with Gasteiger partial charge in [0.05, 0.1) is 18.5 Å². The van der Waals surface area contributed by atoms with Gasteiger partial charge in [0.2, 0.25) is 5.95 Å². The molecule has 3 heterocycles. The first-order valence-electron chi connectivity index (χ1n) is 12.8. The fraction of sp³-hybridized carbons (Fsp3) is 0.321. The topological polar surface area (TPSA) is 161 Å². The number of fused-ring (bicyclic) bond motifs is 1. The van der Waals surface area contributed by atoms with E-state index in [0.717, 1.165) is 5.56 Å². The maximum absolute atomic E-state index is 12.7. The predicted octanol–water partition coefficient (Wildman–Crippen LogP) is 2.61. The number of nitrogens with two attached hydrogens (primary N) is 1. The second kappa shape index (κ2) is 12.1. The van der Waals surface area contributed by atoms with Crippen LogP contribution in [0.25, 0.3) is 11.2 Å². The Bertz CT molecular complexity index is 1520. The molecule has 208 valence electrons. The van der Waals surface area contributed by atoms with E-state index in [9.17, 15) is 14.4 Å². The third kappa shape index (κ3) is 6.03. The molecular weight excluding hydrogens is 518 g/mol. The first-order valence-corrected chi connectivity index (χ1v) is 12.8. The normalized spacial score (nSPS) is 20.4. The Morgan fingerprint density at radius 3 is 2.55 bits per heavy atom. The lowest BCUT2D eigenvalue weighted by atomic mass is 9.94. The van der Waals surface area contributed by atoms with Crippen LogP contribution < -0.4 is 11.3 Å². The molecule has 0 aliphatic carbocycles. The highest BCUT2D eigenvalue weighted by molar-refractivity contribution is 5.89. The zero-order valence-corrected chi connectivity index (χ0v) is 21.8. The Hall–Kier alpha value is -4.55. The first kappa shape index (κ1) is 27.0. The lowest BCUT2D eigenvalue weighted by molar-refractivity contribution is -0.154. The number of benzene rings is 2. The summed E-state index contributed by atoms with van der Waals surface area (Å²) in [5.41, 5.74) is 6.91. The second-order valence-corrected chi connectivity index (χ2v) is 9.37. The highest BCUT2D eigenvalue weighted by atomic mass is 16.6. The molecule has 5 rings (SSSR count). The molecule has 1 saturated heterocycles. The number of hydrogen-bond acceptors (Lipinski definition) is 10. The number of hydrogen-bond donors (Lipinski definition) is 2. The Kier molecular flexibility index (Phi) is 8.18. The van der Waals surface area contributed by atoms with Crippen LogP contribution in [0.1, 0.15) is 35.5 Å². The Labute approximate surface area is 229 Å². The smallest absolute Gasteiger partial charge is 0.338 e. The highest BCUT2D eigenvalue weighted by Crippen LogP contribution is 2.39. The number of ether oxygens (including phenoxy) is 4. The molecule has 4 aromatic rings. The van der Waals surface area contributed by atoms with Gasteiger partial charge in [-0.05, 0) is 24.1 Å². The summed E-state index contributed by atoms with van der Waals surface area (Å²) < 4.78 is 25.1. The Morgan fingerprint density at radius 2 is 1.82 bits per heavy atom. The third-order valence-corrected chi connectivity index (χ3v) is 6.62. The minimum Gasteiger partial charge on any atom is -0.459 e. The Morgan fingerprint density at radius 1 is 1.10 bits per heavy atom. The van der Waals surface area contributed by atoms with Crippen LogP contribution in [0, 0.1) is 5.92 Å². The number of imidazole rings is 1. The number of carbonyl (C=O) groups excluding carboxylic acids is 2. The highest BCUT2D eigenvalue weighted by Gasteiger charge is 2.48. The molecule has 0 amide bonds. The molecule has 0 saturated carbocycles. The largest absolute Gasteiger partial charge is 0.459 e. The van der Waals surface area contributed by atoms with Crippen LogP contribution in [0.4, 0.5) is 5.95 Å². The third-order valence-electron chi connectivity index (χ3n) is 6.62. The van der Waals surface area contributed by atoms with E-state index in [4.69, 9.17) is 24.7 Å². The van der Waals surface area contributed by atoms with Gasteiger partial charge in [-0.1, -0.05) is 48.5 Å². The van der Waals surface area contributed by atoms with E-state index < -0.39 is 41.9 Å². The van der Waals surface area contributed by atoms with Crippen LogP contribution in [-0.2, 0) is 30.3 Å². The molecule has 1 fully saturated rings. The molecule has 12 nitrogen and oxygen atoms in total. The number of nitrogens with zero attached hydrogens (tertiary/aromatic N) is 3. The van der Waals surface area contributed by atoms with E-state index in [-0.39, 0.29) is 23.7 Å². The fourth-order valence-corrected chi connectivity index (χ4v) is 4.78. The van der Waals surface area contributed by atoms with Crippen LogP contribution >= 0.6 is 0 Å². The molecular formula is C28H29N5O7. The van der Waals surface area contributed by atoms with E-state index in [1.54, 1.807) is 30.3 Å². The molecule has 2 aromatic heterocycles. The summed E-state index contributed by atoms with van der Waals surface area (Å²) in [6.07, 6.45) is -0.592. The molecule has 40 heavy (non-hydrogen) atoms. The summed E-state index contributed by atoms with van der Waals surface area (Å²) >= 11 is 0. The number of nitrogen functional groups attached to an aromatic ring is 1. The van der Waals surface area contributed by atoms with Gasteiger partial charge in [0.1, 0.15) is 12.7 Å². The maximum Gasteiger partial charge on any atom is 0.338 e. The lowest BCUT2D eigenvalue weighted by Gasteiger charge is -2.24. The van der Waals surface area contributed by atoms with Crippen molar-refractivity contribution in [1.29, 1.82) is 0 Å². The average molecular weight is 548 g/mol. The number of anilines is 1. The van der Waals surface area contributed by atoms with Gasteiger partial charge in [-0.25, -0.2) is 9.78 Å².